The molecule has 128 valence electrons. The number of aromatic nitrogens is 3. The van der Waals surface area contributed by atoms with Gasteiger partial charge >= 0.3 is 0 Å². The highest BCUT2D eigenvalue weighted by Crippen LogP contribution is 2.25. The van der Waals surface area contributed by atoms with Gasteiger partial charge in [-0.3, -0.25) is 9.88 Å². The second kappa shape index (κ2) is 7.11. The van der Waals surface area contributed by atoms with Gasteiger partial charge in [-0.2, -0.15) is 0 Å². The summed E-state index contributed by atoms with van der Waals surface area (Å²) in [4.78, 5) is 17.2. The zero-order valence-corrected chi connectivity index (χ0v) is 14.1. The van der Waals surface area contributed by atoms with Gasteiger partial charge in [0, 0.05) is 56.2 Å². The third-order valence-electron chi connectivity index (χ3n) is 4.47. The molecular weight excluding hydrogens is 306 g/mol. The van der Waals surface area contributed by atoms with Crippen molar-refractivity contribution >= 4 is 5.82 Å². The fraction of sp³-hybridized carbons (Fsp3) is 0.471. The molecule has 0 atom stereocenters. The number of aromatic hydroxyl groups is 1. The van der Waals surface area contributed by atoms with Crippen LogP contribution in [0.15, 0.2) is 18.6 Å². The molecule has 0 aromatic carbocycles. The molecule has 1 aliphatic rings. The number of piperazine rings is 1. The van der Waals surface area contributed by atoms with Crippen LogP contribution < -0.4 is 4.90 Å². The highest BCUT2D eigenvalue weighted by molar-refractivity contribution is 5.41. The molecule has 3 rings (SSSR count). The van der Waals surface area contributed by atoms with Crippen molar-refractivity contribution in [2.45, 2.75) is 27.0 Å². The Bertz CT molecular complexity index is 714. The van der Waals surface area contributed by atoms with Gasteiger partial charge in [-0.1, -0.05) is 0 Å². The van der Waals surface area contributed by atoms with E-state index < -0.39 is 0 Å². The van der Waals surface area contributed by atoms with Crippen molar-refractivity contribution < 1.29 is 10.2 Å². The molecule has 0 saturated carbocycles. The number of rotatable bonds is 4. The predicted molar refractivity (Wildman–Crippen MR) is 90.8 cm³/mol. The van der Waals surface area contributed by atoms with E-state index in [1.54, 1.807) is 19.4 Å². The SMILES string of the molecule is Cc1cc(N2CCN(Cc3cnc(C)c(O)c3CO)CC2)ncn1. The maximum absolute atomic E-state index is 10.1. The molecule has 0 aliphatic carbocycles. The van der Waals surface area contributed by atoms with Gasteiger partial charge in [0.1, 0.15) is 17.9 Å². The number of pyridine rings is 1. The van der Waals surface area contributed by atoms with Crippen LogP contribution in [0.25, 0.3) is 0 Å². The molecule has 7 heteroatoms. The summed E-state index contributed by atoms with van der Waals surface area (Å²) in [6.07, 6.45) is 3.35. The molecule has 0 radical (unpaired) electrons. The Balaban J connectivity index is 1.65. The number of nitrogens with zero attached hydrogens (tertiary/aromatic N) is 5. The second-order valence-electron chi connectivity index (χ2n) is 6.13. The van der Waals surface area contributed by atoms with E-state index in [9.17, 15) is 10.2 Å². The largest absolute Gasteiger partial charge is 0.506 e. The van der Waals surface area contributed by atoms with Gasteiger partial charge in [0.05, 0.1) is 12.3 Å². The third kappa shape index (κ3) is 3.47. The summed E-state index contributed by atoms with van der Waals surface area (Å²) in [6, 6.07) is 2.00. The highest BCUT2D eigenvalue weighted by Gasteiger charge is 2.20. The first kappa shape index (κ1) is 16.6. The molecular formula is C17H23N5O2. The molecule has 1 fully saturated rings. The van der Waals surface area contributed by atoms with E-state index in [4.69, 9.17) is 0 Å². The van der Waals surface area contributed by atoms with Crippen LogP contribution in [-0.4, -0.2) is 56.2 Å². The maximum Gasteiger partial charge on any atom is 0.142 e. The van der Waals surface area contributed by atoms with Gasteiger partial charge in [-0.15, -0.1) is 0 Å². The summed E-state index contributed by atoms with van der Waals surface area (Å²) in [7, 11) is 0. The van der Waals surface area contributed by atoms with Crippen LogP contribution >= 0.6 is 0 Å². The normalized spacial score (nSPS) is 15.7. The zero-order valence-electron chi connectivity index (χ0n) is 14.1. The van der Waals surface area contributed by atoms with Crippen molar-refractivity contribution in [3.8, 4) is 5.75 Å². The number of hydrogen-bond donors (Lipinski definition) is 2. The summed E-state index contributed by atoms with van der Waals surface area (Å²) in [5.74, 6) is 1.07. The Labute approximate surface area is 141 Å². The summed E-state index contributed by atoms with van der Waals surface area (Å²) >= 11 is 0. The van der Waals surface area contributed by atoms with E-state index in [1.165, 1.54) is 0 Å². The van der Waals surface area contributed by atoms with Crippen LogP contribution in [0.5, 0.6) is 5.75 Å². The summed E-state index contributed by atoms with van der Waals surface area (Å²) in [5, 5.41) is 19.6. The second-order valence-corrected chi connectivity index (χ2v) is 6.13. The lowest BCUT2D eigenvalue weighted by Crippen LogP contribution is -2.46. The zero-order chi connectivity index (χ0) is 17.1. The molecule has 0 unspecified atom stereocenters. The minimum atomic E-state index is -0.176. The average Bonchev–Trinajstić information content (AvgIpc) is 2.59. The van der Waals surface area contributed by atoms with E-state index in [2.05, 4.69) is 24.8 Å². The van der Waals surface area contributed by atoms with Crippen LogP contribution in [0, 0.1) is 13.8 Å². The lowest BCUT2D eigenvalue weighted by molar-refractivity contribution is 0.240. The third-order valence-corrected chi connectivity index (χ3v) is 4.47. The first-order valence-corrected chi connectivity index (χ1v) is 8.11. The van der Waals surface area contributed by atoms with E-state index in [1.807, 2.05) is 13.0 Å². The predicted octanol–water partition coefficient (Wildman–Crippen LogP) is 1.01. The minimum absolute atomic E-state index is 0.102. The van der Waals surface area contributed by atoms with Crippen LogP contribution in [0.4, 0.5) is 5.82 Å². The fourth-order valence-corrected chi connectivity index (χ4v) is 2.99. The van der Waals surface area contributed by atoms with Gasteiger partial charge < -0.3 is 15.1 Å². The Kier molecular flexibility index (Phi) is 4.92. The Morgan fingerprint density at radius 3 is 2.50 bits per heavy atom. The molecule has 1 aliphatic heterocycles. The quantitative estimate of drug-likeness (QED) is 0.866. The number of anilines is 1. The highest BCUT2D eigenvalue weighted by atomic mass is 16.3. The first-order chi connectivity index (χ1) is 11.6. The van der Waals surface area contributed by atoms with Gasteiger partial charge in [0.2, 0.25) is 0 Å². The maximum atomic E-state index is 10.1. The number of hydrogen-bond acceptors (Lipinski definition) is 7. The van der Waals surface area contributed by atoms with Gasteiger partial charge in [0.15, 0.2) is 0 Å². The Morgan fingerprint density at radius 2 is 1.83 bits per heavy atom. The van der Waals surface area contributed by atoms with Crippen LogP contribution in [0.3, 0.4) is 0 Å². The Hall–Kier alpha value is -2.25. The molecule has 1 saturated heterocycles. The van der Waals surface area contributed by atoms with Crippen molar-refractivity contribution in [3.05, 3.63) is 41.1 Å². The van der Waals surface area contributed by atoms with E-state index >= 15 is 0 Å². The molecule has 0 spiro atoms. The van der Waals surface area contributed by atoms with Gasteiger partial charge in [0.25, 0.3) is 0 Å². The number of aliphatic hydroxyl groups excluding tert-OH is 1. The molecule has 24 heavy (non-hydrogen) atoms. The summed E-state index contributed by atoms with van der Waals surface area (Å²) in [5.41, 5.74) is 2.98. The molecule has 2 aromatic rings. The van der Waals surface area contributed by atoms with E-state index in [0.29, 0.717) is 17.8 Å². The summed E-state index contributed by atoms with van der Waals surface area (Å²) in [6.45, 7) is 7.75. The van der Waals surface area contributed by atoms with Crippen LogP contribution in [0.2, 0.25) is 0 Å². The standard InChI is InChI=1S/C17H23N5O2/c1-12-7-16(20-11-19-12)22-5-3-21(4-6-22)9-14-8-18-13(2)17(24)15(14)10-23/h7-8,11,23-24H,3-6,9-10H2,1-2H3. The average molecular weight is 329 g/mol. The van der Waals surface area contributed by atoms with E-state index in [-0.39, 0.29) is 12.4 Å². The minimum Gasteiger partial charge on any atom is -0.506 e. The smallest absolute Gasteiger partial charge is 0.142 e. The van der Waals surface area contributed by atoms with Crippen molar-refractivity contribution in [1.29, 1.82) is 0 Å². The summed E-state index contributed by atoms with van der Waals surface area (Å²) < 4.78 is 0. The number of aliphatic hydroxyl groups is 1. The topological polar surface area (TPSA) is 85.6 Å². The van der Waals surface area contributed by atoms with Crippen molar-refractivity contribution in [1.82, 2.24) is 19.9 Å². The number of aryl methyl sites for hydroxylation is 2. The van der Waals surface area contributed by atoms with Crippen molar-refractivity contribution in [3.63, 3.8) is 0 Å². The molecule has 0 bridgehead atoms. The van der Waals surface area contributed by atoms with Gasteiger partial charge in [-0.25, -0.2) is 9.97 Å². The molecule has 3 heterocycles. The van der Waals surface area contributed by atoms with Crippen molar-refractivity contribution in [2.75, 3.05) is 31.1 Å². The molecule has 2 N–H and O–H groups in total. The van der Waals surface area contributed by atoms with Crippen molar-refractivity contribution in [2.24, 2.45) is 0 Å². The van der Waals surface area contributed by atoms with Crippen LogP contribution in [-0.2, 0) is 13.2 Å². The fourth-order valence-electron chi connectivity index (χ4n) is 2.99. The van der Waals surface area contributed by atoms with Gasteiger partial charge in [-0.05, 0) is 19.4 Å². The monoisotopic (exact) mass is 329 g/mol. The molecule has 0 amide bonds. The first-order valence-electron chi connectivity index (χ1n) is 8.11. The lowest BCUT2D eigenvalue weighted by Gasteiger charge is -2.35. The Morgan fingerprint density at radius 1 is 1.08 bits per heavy atom. The molecule has 7 nitrogen and oxygen atoms in total. The van der Waals surface area contributed by atoms with E-state index in [0.717, 1.165) is 43.3 Å². The van der Waals surface area contributed by atoms with Crippen LogP contribution in [0.1, 0.15) is 22.5 Å². The lowest BCUT2D eigenvalue weighted by atomic mass is 10.1. The molecule has 2 aromatic heterocycles.